The Labute approximate surface area is 82.8 Å². The molecule has 1 aromatic heterocycles. The molecule has 0 radical (unpaired) electrons. The van der Waals surface area contributed by atoms with E-state index in [2.05, 4.69) is 22.0 Å². The van der Waals surface area contributed by atoms with Gasteiger partial charge in [0.05, 0.1) is 0 Å². The predicted molar refractivity (Wildman–Crippen MR) is 56.1 cm³/mol. The molecule has 0 aliphatic heterocycles. The Morgan fingerprint density at radius 3 is 2.92 bits per heavy atom. The smallest absolute Gasteiger partial charge is 0.208 e. The second-order valence-electron chi connectivity index (χ2n) is 2.85. The third-order valence-electron chi connectivity index (χ3n) is 1.74. The molecule has 1 aromatic rings. The zero-order valence-electron chi connectivity index (χ0n) is 7.94. The molecule has 1 heterocycles. The molecule has 0 saturated heterocycles. The molecule has 0 unspecified atom stereocenters. The third kappa shape index (κ3) is 3.28. The summed E-state index contributed by atoms with van der Waals surface area (Å²) in [4.78, 5) is 2.24. The van der Waals surface area contributed by atoms with E-state index in [1.807, 2.05) is 0 Å². The summed E-state index contributed by atoms with van der Waals surface area (Å²) in [6, 6.07) is 0. The second-order valence-corrected chi connectivity index (χ2v) is 3.66. The molecule has 1 rings (SSSR count). The summed E-state index contributed by atoms with van der Waals surface area (Å²) in [5, 5.41) is 8.88. The molecule has 0 aromatic carbocycles. The number of hydrogen-bond acceptors (Lipinski definition) is 5. The van der Waals surface area contributed by atoms with E-state index < -0.39 is 0 Å². The van der Waals surface area contributed by atoms with Crippen LogP contribution in [0.3, 0.4) is 0 Å². The lowest BCUT2D eigenvalue weighted by Crippen LogP contribution is -2.26. The number of anilines is 1. The van der Waals surface area contributed by atoms with Gasteiger partial charge in [-0.05, 0) is 19.4 Å². The Kier molecular flexibility index (Phi) is 4.70. The largest absolute Gasteiger partial charge is 0.347 e. The van der Waals surface area contributed by atoms with Crippen LogP contribution in [0.1, 0.15) is 19.8 Å². The third-order valence-corrected chi connectivity index (χ3v) is 2.50. The average Bonchev–Trinajstić information content (AvgIpc) is 2.65. The lowest BCUT2D eigenvalue weighted by molar-refractivity contribution is 0.714. The standard InChI is InChI=1S/C8H16N4S/c1-2-5-12(6-3-4-9)8-11-10-7-13-8/h7H,2-6,9H2,1H3. The van der Waals surface area contributed by atoms with Crippen molar-refractivity contribution in [1.29, 1.82) is 0 Å². The van der Waals surface area contributed by atoms with Crippen LogP contribution < -0.4 is 10.6 Å². The maximum Gasteiger partial charge on any atom is 0.208 e. The Morgan fingerprint density at radius 2 is 2.38 bits per heavy atom. The van der Waals surface area contributed by atoms with E-state index in [-0.39, 0.29) is 0 Å². The Morgan fingerprint density at radius 1 is 1.54 bits per heavy atom. The molecule has 2 N–H and O–H groups in total. The first-order valence-corrected chi connectivity index (χ1v) is 5.47. The highest BCUT2D eigenvalue weighted by molar-refractivity contribution is 7.13. The van der Waals surface area contributed by atoms with Crippen LogP contribution in [0.5, 0.6) is 0 Å². The van der Waals surface area contributed by atoms with Crippen molar-refractivity contribution < 1.29 is 0 Å². The number of aromatic nitrogens is 2. The highest BCUT2D eigenvalue weighted by Crippen LogP contribution is 2.15. The number of nitrogens with two attached hydrogens (primary N) is 1. The molecule has 13 heavy (non-hydrogen) atoms. The monoisotopic (exact) mass is 200 g/mol. The summed E-state index contributed by atoms with van der Waals surface area (Å²) < 4.78 is 0. The molecule has 0 atom stereocenters. The van der Waals surface area contributed by atoms with Gasteiger partial charge in [0, 0.05) is 13.1 Å². The number of rotatable bonds is 6. The normalized spacial score (nSPS) is 10.3. The van der Waals surface area contributed by atoms with Gasteiger partial charge in [-0.3, -0.25) is 0 Å². The van der Waals surface area contributed by atoms with Gasteiger partial charge in [-0.2, -0.15) is 0 Å². The summed E-state index contributed by atoms with van der Waals surface area (Å²) >= 11 is 1.58. The van der Waals surface area contributed by atoms with E-state index in [1.165, 1.54) is 0 Å². The van der Waals surface area contributed by atoms with E-state index in [4.69, 9.17) is 5.73 Å². The van der Waals surface area contributed by atoms with Crippen molar-refractivity contribution in [3.8, 4) is 0 Å². The Hall–Kier alpha value is -0.680. The molecule has 0 spiro atoms. The molecular formula is C8H16N4S. The Bertz CT molecular complexity index is 212. The second kappa shape index (κ2) is 5.88. The zero-order valence-corrected chi connectivity index (χ0v) is 8.76. The zero-order chi connectivity index (χ0) is 9.52. The van der Waals surface area contributed by atoms with Crippen LogP contribution in [0.15, 0.2) is 5.51 Å². The van der Waals surface area contributed by atoms with Crippen LogP contribution in [-0.2, 0) is 0 Å². The van der Waals surface area contributed by atoms with Crippen molar-refractivity contribution in [2.75, 3.05) is 24.5 Å². The minimum Gasteiger partial charge on any atom is -0.347 e. The van der Waals surface area contributed by atoms with Crippen LogP contribution >= 0.6 is 11.3 Å². The van der Waals surface area contributed by atoms with Gasteiger partial charge in [-0.25, -0.2) is 0 Å². The van der Waals surface area contributed by atoms with E-state index in [0.29, 0.717) is 0 Å². The van der Waals surface area contributed by atoms with Gasteiger partial charge in [-0.15, -0.1) is 10.2 Å². The predicted octanol–water partition coefficient (Wildman–Crippen LogP) is 1.10. The minimum absolute atomic E-state index is 0.735. The molecule has 0 bridgehead atoms. The van der Waals surface area contributed by atoms with Crippen molar-refractivity contribution in [3.63, 3.8) is 0 Å². The molecule has 4 nitrogen and oxygen atoms in total. The van der Waals surface area contributed by atoms with Gasteiger partial charge < -0.3 is 10.6 Å². The Balaban J connectivity index is 2.47. The average molecular weight is 200 g/mol. The van der Waals surface area contributed by atoms with Crippen molar-refractivity contribution >= 4 is 16.5 Å². The summed E-state index contributed by atoms with van der Waals surface area (Å²) in [7, 11) is 0. The lowest BCUT2D eigenvalue weighted by Gasteiger charge is -2.19. The van der Waals surface area contributed by atoms with Crippen LogP contribution in [0.25, 0.3) is 0 Å². The van der Waals surface area contributed by atoms with Crippen LogP contribution in [-0.4, -0.2) is 29.8 Å². The first kappa shape index (κ1) is 10.4. The highest BCUT2D eigenvalue weighted by atomic mass is 32.1. The number of hydrogen-bond donors (Lipinski definition) is 1. The van der Waals surface area contributed by atoms with E-state index in [9.17, 15) is 0 Å². The van der Waals surface area contributed by atoms with Crippen LogP contribution in [0, 0.1) is 0 Å². The highest BCUT2D eigenvalue weighted by Gasteiger charge is 2.07. The van der Waals surface area contributed by atoms with Crippen molar-refractivity contribution in [1.82, 2.24) is 10.2 Å². The topological polar surface area (TPSA) is 55.0 Å². The maximum atomic E-state index is 5.47. The molecule has 5 heteroatoms. The molecule has 0 aliphatic carbocycles. The SMILES string of the molecule is CCCN(CCCN)c1nncs1. The molecular weight excluding hydrogens is 184 g/mol. The fraction of sp³-hybridized carbons (Fsp3) is 0.750. The first-order valence-electron chi connectivity index (χ1n) is 4.59. The summed E-state index contributed by atoms with van der Waals surface area (Å²) in [5.74, 6) is 0. The van der Waals surface area contributed by atoms with E-state index >= 15 is 0 Å². The molecule has 74 valence electrons. The van der Waals surface area contributed by atoms with E-state index in [0.717, 1.165) is 37.6 Å². The van der Waals surface area contributed by atoms with Crippen LogP contribution in [0.2, 0.25) is 0 Å². The van der Waals surface area contributed by atoms with Gasteiger partial charge in [0.1, 0.15) is 5.51 Å². The van der Waals surface area contributed by atoms with Crippen molar-refractivity contribution in [2.45, 2.75) is 19.8 Å². The quantitative estimate of drug-likeness (QED) is 0.747. The van der Waals surface area contributed by atoms with Gasteiger partial charge in [0.15, 0.2) is 0 Å². The maximum absolute atomic E-state index is 5.47. The fourth-order valence-electron chi connectivity index (χ4n) is 1.16. The van der Waals surface area contributed by atoms with Gasteiger partial charge in [-0.1, -0.05) is 18.3 Å². The molecule has 0 fully saturated rings. The van der Waals surface area contributed by atoms with Crippen molar-refractivity contribution in [2.24, 2.45) is 5.73 Å². The summed E-state index contributed by atoms with van der Waals surface area (Å²) in [6.45, 7) is 4.92. The lowest BCUT2D eigenvalue weighted by atomic mass is 10.3. The van der Waals surface area contributed by atoms with E-state index in [1.54, 1.807) is 16.8 Å². The van der Waals surface area contributed by atoms with Crippen LogP contribution in [0.4, 0.5) is 5.13 Å². The van der Waals surface area contributed by atoms with Crippen molar-refractivity contribution in [3.05, 3.63) is 5.51 Å². The summed E-state index contributed by atoms with van der Waals surface area (Å²) in [5.41, 5.74) is 7.23. The number of nitrogens with zero attached hydrogens (tertiary/aromatic N) is 3. The first-order chi connectivity index (χ1) is 6.38. The van der Waals surface area contributed by atoms with Gasteiger partial charge in [0.25, 0.3) is 0 Å². The van der Waals surface area contributed by atoms with Gasteiger partial charge >= 0.3 is 0 Å². The molecule has 0 saturated carbocycles. The summed E-state index contributed by atoms with van der Waals surface area (Å²) in [6.07, 6.45) is 2.14. The minimum atomic E-state index is 0.735. The molecule has 0 amide bonds. The molecule has 0 aliphatic rings. The fourth-order valence-corrected chi connectivity index (χ4v) is 1.77. The van der Waals surface area contributed by atoms with Gasteiger partial charge in [0.2, 0.25) is 5.13 Å².